The molecule has 138 valence electrons. The Hall–Kier alpha value is -0.0800. The second-order valence-corrected chi connectivity index (χ2v) is 10.1. The van der Waals surface area contributed by atoms with E-state index in [-0.39, 0.29) is 6.29 Å². The molecule has 0 bridgehead atoms. The van der Waals surface area contributed by atoms with Crippen molar-refractivity contribution in [3.05, 3.63) is 0 Å². The quantitative estimate of drug-likeness (QED) is 0.620. The van der Waals surface area contributed by atoms with Crippen molar-refractivity contribution >= 4 is 0 Å². The van der Waals surface area contributed by atoms with Gasteiger partial charge in [-0.2, -0.15) is 0 Å². The minimum atomic E-state index is 0.0109. The number of hydrogen-bond acceptors (Lipinski definition) is 2. The number of rotatable bonds is 3. The Balaban J connectivity index is 1.52. The van der Waals surface area contributed by atoms with Gasteiger partial charge in [0.25, 0.3) is 0 Å². The van der Waals surface area contributed by atoms with Crippen molar-refractivity contribution in [1.29, 1.82) is 0 Å². The molecule has 0 N–H and O–H groups in total. The van der Waals surface area contributed by atoms with E-state index in [4.69, 9.17) is 9.47 Å². The van der Waals surface area contributed by atoms with Gasteiger partial charge in [-0.1, -0.05) is 20.3 Å². The van der Waals surface area contributed by atoms with E-state index < -0.39 is 0 Å². The summed E-state index contributed by atoms with van der Waals surface area (Å²) in [5, 5.41) is 0. The molecule has 2 nitrogen and oxygen atoms in total. The molecule has 0 aliphatic heterocycles. The van der Waals surface area contributed by atoms with Crippen molar-refractivity contribution in [3.8, 4) is 0 Å². The van der Waals surface area contributed by atoms with Crippen LogP contribution in [0.4, 0.5) is 0 Å². The smallest absolute Gasteiger partial charge is 0.159 e. The van der Waals surface area contributed by atoms with Gasteiger partial charge in [0, 0.05) is 20.1 Å². The zero-order valence-corrected chi connectivity index (χ0v) is 16.4. The minimum absolute atomic E-state index is 0.0109. The molecule has 0 radical (unpaired) electrons. The van der Waals surface area contributed by atoms with Crippen LogP contribution in [0.2, 0.25) is 0 Å². The maximum absolute atomic E-state index is 5.61. The lowest BCUT2D eigenvalue weighted by atomic mass is 9.44. The van der Waals surface area contributed by atoms with E-state index in [0.717, 1.165) is 23.7 Å². The highest BCUT2D eigenvalue weighted by atomic mass is 16.7. The summed E-state index contributed by atoms with van der Waals surface area (Å²) >= 11 is 0. The van der Waals surface area contributed by atoms with E-state index in [2.05, 4.69) is 13.8 Å². The topological polar surface area (TPSA) is 18.5 Å². The van der Waals surface area contributed by atoms with Crippen LogP contribution < -0.4 is 0 Å². The highest BCUT2D eigenvalue weighted by Crippen LogP contribution is 2.66. The first-order valence-electron chi connectivity index (χ1n) is 10.6. The van der Waals surface area contributed by atoms with Crippen LogP contribution in [0.5, 0.6) is 0 Å². The molecule has 0 amide bonds. The number of ether oxygens (including phenoxy) is 2. The molecule has 0 aromatic carbocycles. The maximum atomic E-state index is 5.61. The molecule has 0 aromatic rings. The van der Waals surface area contributed by atoms with Gasteiger partial charge in [-0.3, -0.25) is 0 Å². The van der Waals surface area contributed by atoms with Gasteiger partial charge in [-0.15, -0.1) is 0 Å². The Kier molecular flexibility index (Phi) is 4.53. The van der Waals surface area contributed by atoms with Crippen molar-refractivity contribution in [2.45, 2.75) is 84.3 Å². The highest BCUT2D eigenvalue weighted by molar-refractivity contribution is 5.07. The lowest BCUT2D eigenvalue weighted by Crippen LogP contribution is -2.53. The number of fused-ring (bicyclic) bond motifs is 5. The fourth-order valence-electron chi connectivity index (χ4n) is 8.01. The summed E-state index contributed by atoms with van der Waals surface area (Å²) in [4.78, 5) is 0. The second kappa shape index (κ2) is 6.27. The molecule has 0 aromatic heterocycles. The largest absolute Gasteiger partial charge is 0.356 e. The van der Waals surface area contributed by atoms with Crippen molar-refractivity contribution in [1.82, 2.24) is 0 Å². The van der Waals surface area contributed by atoms with Gasteiger partial charge in [-0.05, 0) is 92.3 Å². The third-order valence-corrected chi connectivity index (χ3v) is 9.34. The van der Waals surface area contributed by atoms with Crippen LogP contribution in [0.15, 0.2) is 0 Å². The van der Waals surface area contributed by atoms with E-state index >= 15 is 0 Å². The van der Waals surface area contributed by atoms with Crippen LogP contribution >= 0.6 is 0 Å². The van der Waals surface area contributed by atoms with Crippen LogP contribution in [0.3, 0.4) is 0 Å². The van der Waals surface area contributed by atoms with Gasteiger partial charge >= 0.3 is 0 Å². The molecule has 4 fully saturated rings. The third kappa shape index (κ3) is 2.50. The van der Waals surface area contributed by atoms with Crippen molar-refractivity contribution < 1.29 is 9.47 Å². The molecule has 2 heteroatoms. The summed E-state index contributed by atoms with van der Waals surface area (Å²) in [5.74, 6) is 4.57. The second-order valence-electron chi connectivity index (χ2n) is 10.1. The van der Waals surface area contributed by atoms with Crippen LogP contribution in [-0.4, -0.2) is 20.5 Å². The van der Waals surface area contributed by atoms with E-state index in [9.17, 15) is 0 Å². The van der Waals surface area contributed by atoms with E-state index in [1.54, 1.807) is 14.2 Å². The Morgan fingerprint density at radius 3 is 2.38 bits per heavy atom. The van der Waals surface area contributed by atoms with Gasteiger partial charge in [0.2, 0.25) is 0 Å². The van der Waals surface area contributed by atoms with Crippen molar-refractivity contribution in [2.75, 3.05) is 14.2 Å². The molecule has 24 heavy (non-hydrogen) atoms. The standard InChI is InChI=1S/C22H38O2/c1-21-11-5-6-18(21)17-8-7-16-14-15(20(23-3)24-4)9-13-22(16,2)19(17)10-12-21/h15-20H,5-14H2,1-4H3/t15?,16-,17-,18-,19-,21-,22-/m0/s1. The molecule has 4 rings (SSSR count). The fraction of sp³-hybridized carbons (Fsp3) is 1.00. The fourth-order valence-corrected chi connectivity index (χ4v) is 8.01. The van der Waals surface area contributed by atoms with Crippen LogP contribution in [0.25, 0.3) is 0 Å². The van der Waals surface area contributed by atoms with Gasteiger partial charge in [0.15, 0.2) is 6.29 Å². The Morgan fingerprint density at radius 1 is 0.833 bits per heavy atom. The highest BCUT2D eigenvalue weighted by Gasteiger charge is 2.58. The molecular weight excluding hydrogens is 296 g/mol. The molecule has 4 aliphatic carbocycles. The van der Waals surface area contributed by atoms with Gasteiger partial charge < -0.3 is 9.47 Å². The average molecular weight is 335 g/mol. The SMILES string of the molecule is COC(OC)C1CC[C@@]2(C)[C@@H](CC[C@H]3[C@@H]4CCC[C@@]4(C)CC[C@@H]32)C1. The zero-order chi connectivity index (χ0) is 16.9. The lowest BCUT2D eigenvalue weighted by Gasteiger charge is -2.61. The van der Waals surface area contributed by atoms with Crippen molar-refractivity contribution in [2.24, 2.45) is 40.4 Å². The molecule has 0 spiro atoms. The Bertz CT molecular complexity index is 459. The molecular formula is C22H38O2. The molecule has 7 atom stereocenters. The summed E-state index contributed by atoms with van der Waals surface area (Å²) < 4.78 is 11.2. The number of methoxy groups -OCH3 is 2. The summed E-state index contributed by atoms with van der Waals surface area (Å²) in [5.41, 5.74) is 1.29. The van der Waals surface area contributed by atoms with E-state index in [0.29, 0.717) is 16.7 Å². The van der Waals surface area contributed by atoms with Gasteiger partial charge in [0.1, 0.15) is 0 Å². The van der Waals surface area contributed by atoms with Gasteiger partial charge in [-0.25, -0.2) is 0 Å². The lowest BCUT2D eigenvalue weighted by molar-refractivity contribution is -0.175. The first kappa shape index (κ1) is 17.3. The average Bonchev–Trinajstić information content (AvgIpc) is 2.98. The number of hydrogen-bond donors (Lipinski definition) is 0. The zero-order valence-electron chi connectivity index (χ0n) is 16.4. The summed E-state index contributed by atoms with van der Waals surface area (Å²) in [6.45, 7) is 5.28. The van der Waals surface area contributed by atoms with Crippen molar-refractivity contribution in [3.63, 3.8) is 0 Å². The van der Waals surface area contributed by atoms with E-state index in [1.165, 1.54) is 64.2 Å². The molecule has 0 saturated heterocycles. The molecule has 1 unspecified atom stereocenters. The van der Waals surface area contributed by atoms with Gasteiger partial charge in [0.05, 0.1) is 0 Å². The molecule has 4 saturated carbocycles. The normalized spacial score (nSPS) is 51.1. The first-order valence-corrected chi connectivity index (χ1v) is 10.6. The summed E-state index contributed by atoms with van der Waals surface area (Å²) in [7, 11) is 3.61. The predicted molar refractivity (Wildman–Crippen MR) is 97.6 cm³/mol. The molecule has 4 aliphatic rings. The predicted octanol–water partition coefficient (Wildman–Crippen LogP) is 5.65. The summed E-state index contributed by atoms with van der Waals surface area (Å²) in [6.07, 6.45) is 14.5. The maximum Gasteiger partial charge on any atom is 0.159 e. The van der Waals surface area contributed by atoms with E-state index in [1.807, 2.05) is 0 Å². The monoisotopic (exact) mass is 334 g/mol. The summed E-state index contributed by atoms with van der Waals surface area (Å²) in [6, 6.07) is 0. The minimum Gasteiger partial charge on any atom is -0.356 e. The Morgan fingerprint density at radius 2 is 1.62 bits per heavy atom. The van der Waals surface area contributed by atoms with Crippen LogP contribution in [0.1, 0.15) is 78.1 Å². The third-order valence-electron chi connectivity index (χ3n) is 9.34. The first-order chi connectivity index (χ1) is 11.5. The molecule has 0 heterocycles. The van der Waals surface area contributed by atoms with Crippen LogP contribution in [-0.2, 0) is 9.47 Å². The Labute approximate surface area is 149 Å². The van der Waals surface area contributed by atoms with Crippen LogP contribution in [0, 0.1) is 40.4 Å².